The molecule has 0 atom stereocenters. The number of urea groups is 1. The molecule has 0 aliphatic rings. The number of hydrogen-bond acceptors (Lipinski definition) is 3. The third-order valence-electron chi connectivity index (χ3n) is 2.33. The van der Waals surface area contributed by atoms with Crippen molar-refractivity contribution in [3.05, 3.63) is 24.3 Å². The van der Waals surface area contributed by atoms with Gasteiger partial charge in [-0.15, -0.1) is 0 Å². The summed E-state index contributed by atoms with van der Waals surface area (Å²) in [6, 6.07) is 7.07. The molecule has 94 valence electrons. The molecule has 0 spiro atoms. The number of nitrogens with two attached hydrogens (primary N) is 1. The molecule has 1 aromatic rings. The van der Waals surface area contributed by atoms with Gasteiger partial charge >= 0.3 is 6.03 Å². The van der Waals surface area contributed by atoms with Crippen LogP contribution in [-0.2, 0) is 0 Å². The van der Waals surface area contributed by atoms with E-state index in [2.05, 4.69) is 11.6 Å². The van der Waals surface area contributed by atoms with E-state index in [0.29, 0.717) is 5.69 Å². The zero-order valence-corrected chi connectivity index (χ0v) is 11.1. The second-order valence-corrected chi connectivity index (χ2v) is 4.81. The van der Waals surface area contributed by atoms with Crippen LogP contribution in [0.15, 0.2) is 24.3 Å². The maximum atomic E-state index is 11.8. The molecule has 5 heteroatoms. The monoisotopic (exact) mass is 253 g/mol. The van der Waals surface area contributed by atoms with Crippen LogP contribution in [0.5, 0.6) is 0 Å². The van der Waals surface area contributed by atoms with E-state index in [9.17, 15) is 4.79 Å². The lowest BCUT2D eigenvalue weighted by molar-refractivity contribution is 0.222. The second-order valence-electron chi connectivity index (χ2n) is 3.82. The molecule has 1 aromatic carbocycles. The highest BCUT2D eigenvalue weighted by molar-refractivity contribution is 7.98. The van der Waals surface area contributed by atoms with Crippen molar-refractivity contribution in [2.45, 2.75) is 6.42 Å². The lowest BCUT2D eigenvalue weighted by Crippen LogP contribution is -2.32. The van der Waals surface area contributed by atoms with Gasteiger partial charge < -0.3 is 16.0 Å². The van der Waals surface area contributed by atoms with Crippen LogP contribution in [-0.4, -0.2) is 36.5 Å². The number of amides is 2. The summed E-state index contributed by atoms with van der Waals surface area (Å²) in [4.78, 5) is 13.5. The van der Waals surface area contributed by atoms with E-state index in [1.54, 1.807) is 35.8 Å². The molecule has 0 aliphatic carbocycles. The Morgan fingerprint density at radius 2 is 2.29 bits per heavy atom. The van der Waals surface area contributed by atoms with Gasteiger partial charge in [0.2, 0.25) is 0 Å². The fourth-order valence-corrected chi connectivity index (χ4v) is 1.80. The Kier molecular flexibility index (Phi) is 5.69. The molecule has 4 nitrogen and oxygen atoms in total. The molecule has 0 heterocycles. The van der Waals surface area contributed by atoms with Crippen molar-refractivity contribution in [1.82, 2.24) is 4.90 Å². The maximum absolute atomic E-state index is 11.8. The minimum Gasteiger partial charge on any atom is -0.399 e. The summed E-state index contributed by atoms with van der Waals surface area (Å²) in [5.74, 6) is 1.07. The van der Waals surface area contributed by atoms with Crippen LogP contribution in [0.2, 0.25) is 0 Å². The lowest BCUT2D eigenvalue weighted by atomic mass is 10.3. The Labute approximate surface area is 107 Å². The Morgan fingerprint density at radius 3 is 2.94 bits per heavy atom. The summed E-state index contributed by atoms with van der Waals surface area (Å²) in [6.45, 7) is 0.759. The number of hydrogen-bond donors (Lipinski definition) is 2. The summed E-state index contributed by atoms with van der Waals surface area (Å²) in [5.41, 5.74) is 7.02. The highest BCUT2D eigenvalue weighted by Crippen LogP contribution is 2.12. The molecule has 0 unspecified atom stereocenters. The molecule has 1 rings (SSSR count). The first-order valence-corrected chi connectivity index (χ1v) is 6.89. The SMILES string of the molecule is CSCCCN(C)C(=O)Nc1cccc(N)c1. The van der Waals surface area contributed by atoms with Crippen LogP contribution in [0.25, 0.3) is 0 Å². The fourth-order valence-electron chi connectivity index (χ4n) is 1.38. The highest BCUT2D eigenvalue weighted by atomic mass is 32.2. The summed E-state index contributed by atoms with van der Waals surface area (Å²) in [6.07, 6.45) is 3.06. The predicted molar refractivity (Wildman–Crippen MR) is 75.5 cm³/mol. The summed E-state index contributed by atoms with van der Waals surface area (Å²) in [5, 5.41) is 2.81. The standard InChI is InChI=1S/C12H19N3OS/c1-15(7-4-8-17-2)12(16)14-11-6-3-5-10(13)9-11/h3,5-6,9H,4,7-8,13H2,1-2H3,(H,14,16). The van der Waals surface area contributed by atoms with Gasteiger partial charge in [0.1, 0.15) is 0 Å². The number of carbonyl (C=O) groups is 1. The number of carbonyl (C=O) groups excluding carboxylic acids is 1. The maximum Gasteiger partial charge on any atom is 0.321 e. The van der Waals surface area contributed by atoms with Gasteiger partial charge in [-0.1, -0.05) is 6.07 Å². The molecule has 2 amide bonds. The zero-order chi connectivity index (χ0) is 12.7. The van der Waals surface area contributed by atoms with E-state index in [1.807, 2.05) is 12.1 Å². The van der Waals surface area contributed by atoms with Crippen molar-refractivity contribution in [3.8, 4) is 0 Å². The Hall–Kier alpha value is -1.36. The second kappa shape index (κ2) is 7.06. The molecular weight excluding hydrogens is 234 g/mol. The normalized spacial score (nSPS) is 10.0. The molecular formula is C12H19N3OS. The Bertz CT molecular complexity index is 371. The van der Waals surface area contributed by atoms with Crippen molar-refractivity contribution in [2.75, 3.05) is 36.7 Å². The van der Waals surface area contributed by atoms with Crippen molar-refractivity contribution in [1.29, 1.82) is 0 Å². The van der Waals surface area contributed by atoms with E-state index >= 15 is 0 Å². The van der Waals surface area contributed by atoms with Gasteiger partial charge in [-0.05, 0) is 36.6 Å². The lowest BCUT2D eigenvalue weighted by Gasteiger charge is -2.17. The van der Waals surface area contributed by atoms with E-state index in [1.165, 1.54) is 0 Å². The van der Waals surface area contributed by atoms with Gasteiger partial charge in [0.25, 0.3) is 0 Å². The number of rotatable bonds is 5. The number of anilines is 2. The molecule has 0 bridgehead atoms. The highest BCUT2D eigenvalue weighted by Gasteiger charge is 2.07. The topological polar surface area (TPSA) is 58.4 Å². The smallest absolute Gasteiger partial charge is 0.321 e. The van der Waals surface area contributed by atoms with Crippen LogP contribution in [0.1, 0.15) is 6.42 Å². The van der Waals surface area contributed by atoms with Crippen LogP contribution >= 0.6 is 11.8 Å². The first-order chi connectivity index (χ1) is 8.13. The minimum absolute atomic E-state index is 0.100. The van der Waals surface area contributed by atoms with Crippen molar-refractivity contribution >= 4 is 29.2 Å². The first-order valence-electron chi connectivity index (χ1n) is 5.50. The van der Waals surface area contributed by atoms with E-state index in [-0.39, 0.29) is 6.03 Å². The number of nitrogens with zero attached hydrogens (tertiary/aromatic N) is 1. The van der Waals surface area contributed by atoms with E-state index in [4.69, 9.17) is 5.73 Å². The van der Waals surface area contributed by atoms with Gasteiger partial charge in [0, 0.05) is 25.0 Å². The molecule has 0 aliphatic heterocycles. The number of benzene rings is 1. The third kappa shape index (κ3) is 4.99. The number of nitrogen functional groups attached to an aromatic ring is 1. The van der Waals surface area contributed by atoms with E-state index in [0.717, 1.165) is 24.4 Å². The molecule has 0 saturated heterocycles. The van der Waals surface area contributed by atoms with Gasteiger partial charge in [0.15, 0.2) is 0 Å². The Balaban J connectivity index is 2.43. The van der Waals surface area contributed by atoms with Gasteiger partial charge in [0.05, 0.1) is 0 Å². The minimum atomic E-state index is -0.100. The summed E-state index contributed by atoms with van der Waals surface area (Å²) >= 11 is 1.79. The third-order valence-corrected chi connectivity index (χ3v) is 3.02. The van der Waals surface area contributed by atoms with Crippen LogP contribution in [0, 0.1) is 0 Å². The van der Waals surface area contributed by atoms with Crippen molar-refractivity contribution in [2.24, 2.45) is 0 Å². The van der Waals surface area contributed by atoms with Crippen LogP contribution in [0.4, 0.5) is 16.2 Å². The fraction of sp³-hybridized carbons (Fsp3) is 0.417. The number of thioether (sulfide) groups is 1. The Morgan fingerprint density at radius 1 is 1.53 bits per heavy atom. The average molecular weight is 253 g/mol. The van der Waals surface area contributed by atoms with Crippen LogP contribution < -0.4 is 11.1 Å². The summed E-state index contributed by atoms with van der Waals surface area (Å²) in [7, 11) is 1.79. The van der Waals surface area contributed by atoms with Gasteiger partial charge in [-0.2, -0.15) is 11.8 Å². The molecule has 0 saturated carbocycles. The largest absolute Gasteiger partial charge is 0.399 e. The molecule has 17 heavy (non-hydrogen) atoms. The average Bonchev–Trinajstić information content (AvgIpc) is 2.29. The molecule has 0 fully saturated rings. The molecule has 3 N–H and O–H groups in total. The number of nitrogens with one attached hydrogen (secondary N) is 1. The van der Waals surface area contributed by atoms with Crippen molar-refractivity contribution in [3.63, 3.8) is 0 Å². The zero-order valence-electron chi connectivity index (χ0n) is 10.3. The van der Waals surface area contributed by atoms with Crippen molar-refractivity contribution < 1.29 is 4.79 Å². The van der Waals surface area contributed by atoms with Crippen LogP contribution in [0.3, 0.4) is 0 Å². The molecule has 0 aromatic heterocycles. The summed E-state index contributed by atoms with van der Waals surface area (Å²) < 4.78 is 0. The van der Waals surface area contributed by atoms with Gasteiger partial charge in [-0.3, -0.25) is 0 Å². The van der Waals surface area contributed by atoms with Gasteiger partial charge in [-0.25, -0.2) is 4.79 Å². The van der Waals surface area contributed by atoms with E-state index < -0.39 is 0 Å². The quantitative estimate of drug-likeness (QED) is 0.626. The molecule has 0 radical (unpaired) electrons. The first kappa shape index (κ1) is 13.7. The predicted octanol–water partition coefficient (Wildman–Crippen LogP) is 2.49.